The first kappa shape index (κ1) is 21.3. The van der Waals surface area contributed by atoms with Gasteiger partial charge in [0, 0.05) is 24.2 Å². The summed E-state index contributed by atoms with van der Waals surface area (Å²) >= 11 is 6.15. The topological polar surface area (TPSA) is 41.5 Å². The summed E-state index contributed by atoms with van der Waals surface area (Å²) in [6.07, 6.45) is -0.599. The van der Waals surface area contributed by atoms with Gasteiger partial charge in [-0.15, -0.1) is 0 Å². The summed E-state index contributed by atoms with van der Waals surface area (Å²) in [6.45, 7) is 1.17. The highest BCUT2D eigenvalue weighted by Crippen LogP contribution is 2.30. The van der Waals surface area contributed by atoms with Gasteiger partial charge in [0.15, 0.2) is 0 Å². The summed E-state index contributed by atoms with van der Waals surface area (Å²) in [4.78, 5) is 0. The number of ether oxygens (including phenoxy) is 1. The van der Waals surface area contributed by atoms with Gasteiger partial charge in [-0.1, -0.05) is 78.3 Å². The predicted octanol–water partition coefficient (Wildman–Crippen LogP) is 6.03. The Morgan fingerprint density at radius 1 is 0.935 bits per heavy atom. The minimum Gasteiger partial charge on any atom is -0.488 e. The van der Waals surface area contributed by atoms with E-state index in [1.54, 1.807) is 6.07 Å². The van der Waals surface area contributed by atoms with Crippen molar-refractivity contribution in [3.05, 3.63) is 112 Å². The molecular weight excluding hydrogens is 413 g/mol. The molecule has 0 saturated carbocycles. The Kier molecular flexibility index (Phi) is 6.82. The van der Waals surface area contributed by atoms with Crippen LogP contribution in [0, 0.1) is 5.82 Å². The van der Waals surface area contributed by atoms with Crippen molar-refractivity contribution >= 4 is 22.4 Å². The highest BCUT2D eigenvalue weighted by molar-refractivity contribution is 6.31. The maximum atomic E-state index is 13.3. The average molecular weight is 436 g/mol. The molecule has 3 nitrogen and oxygen atoms in total. The maximum absolute atomic E-state index is 13.3. The van der Waals surface area contributed by atoms with E-state index in [0.717, 1.165) is 33.2 Å². The van der Waals surface area contributed by atoms with Crippen molar-refractivity contribution in [1.29, 1.82) is 0 Å². The highest BCUT2D eigenvalue weighted by atomic mass is 35.5. The molecule has 1 atom stereocenters. The largest absolute Gasteiger partial charge is 0.488 e. The Morgan fingerprint density at radius 2 is 1.71 bits per heavy atom. The van der Waals surface area contributed by atoms with Crippen LogP contribution in [0.3, 0.4) is 0 Å². The summed E-state index contributed by atoms with van der Waals surface area (Å²) in [6, 6.07) is 25.9. The van der Waals surface area contributed by atoms with Crippen molar-refractivity contribution in [2.75, 3.05) is 6.54 Å². The van der Waals surface area contributed by atoms with E-state index in [0.29, 0.717) is 18.1 Å². The van der Waals surface area contributed by atoms with Crippen molar-refractivity contribution in [3.63, 3.8) is 0 Å². The first-order chi connectivity index (χ1) is 15.1. The van der Waals surface area contributed by atoms with E-state index in [4.69, 9.17) is 16.3 Å². The second-order valence-electron chi connectivity index (χ2n) is 7.35. The summed E-state index contributed by atoms with van der Waals surface area (Å²) in [5.41, 5.74) is 2.58. The number of rotatable bonds is 8. The fourth-order valence-corrected chi connectivity index (χ4v) is 3.78. The molecule has 0 amide bonds. The Balaban J connectivity index is 1.52. The first-order valence-corrected chi connectivity index (χ1v) is 10.5. The molecule has 0 unspecified atom stereocenters. The zero-order chi connectivity index (χ0) is 21.6. The number of benzene rings is 4. The minimum absolute atomic E-state index is 0.233. The van der Waals surface area contributed by atoms with Crippen LogP contribution in [0.15, 0.2) is 84.9 Å². The molecule has 31 heavy (non-hydrogen) atoms. The van der Waals surface area contributed by atoms with E-state index in [1.165, 1.54) is 12.1 Å². The normalized spacial score (nSPS) is 12.1. The van der Waals surface area contributed by atoms with E-state index < -0.39 is 6.10 Å². The molecule has 4 aromatic rings. The van der Waals surface area contributed by atoms with Gasteiger partial charge in [-0.05, 0) is 34.5 Å². The number of halogens is 2. The van der Waals surface area contributed by atoms with Crippen LogP contribution in [-0.4, -0.2) is 11.7 Å². The number of hydrogen-bond acceptors (Lipinski definition) is 3. The van der Waals surface area contributed by atoms with Crippen molar-refractivity contribution in [1.82, 2.24) is 5.32 Å². The first-order valence-electron chi connectivity index (χ1n) is 10.1. The molecule has 4 rings (SSSR count). The third kappa shape index (κ3) is 5.23. The van der Waals surface area contributed by atoms with Gasteiger partial charge in [0.25, 0.3) is 0 Å². The SMILES string of the molecule is O[C@@H](CNCc1c(OCc2ccc(F)cc2Cl)ccc2ccccc12)c1ccccc1. The molecule has 0 fully saturated rings. The highest BCUT2D eigenvalue weighted by Gasteiger charge is 2.12. The van der Waals surface area contributed by atoms with Gasteiger partial charge in [-0.25, -0.2) is 4.39 Å². The van der Waals surface area contributed by atoms with Crippen LogP contribution in [0.1, 0.15) is 22.8 Å². The molecule has 0 radical (unpaired) electrons. The van der Waals surface area contributed by atoms with E-state index in [2.05, 4.69) is 17.4 Å². The number of fused-ring (bicyclic) bond motifs is 1. The van der Waals surface area contributed by atoms with Crippen LogP contribution in [0.4, 0.5) is 4.39 Å². The second-order valence-corrected chi connectivity index (χ2v) is 7.75. The summed E-state index contributed by atoms with van der Waals surface area (Å²) in [7, 11) is 0. The molecule has 158 valence electrons. The lowest BCUT2D eigenvalue weighted by atomic mass is 10.0. The molecule has 5 heteroatoms. The fourth-order valence-electron chi connectivity index (χ4n) is 3.55. The van der Waals surface area contributed by atoms with Crippen molar-refractivity contribution < 1.29 is 14.2 Å². The van der Waals surface area contributed by atoms with E-state index in [-0.39, 0.29) is 12.4 Å². The molecule has 4 aromatic carbocycles. The Labute approximate surface area is 186 Å². The lowest BCUT2D eigenvalue weighted by Gasteiger charge is -2.17. The molecule has 0 aromatic heterocycles. The fraction of sp³-hybridized carbons (Fsp3) is 0.154. The van der Waals surface area contributed by atoms with Gasteiger partial charge < -0.3 is 15.2 Å². The zero-order valence-electron chi connectivity index (χ0n) is 16.9. The van der Waals surface area contributed by atoms with Gasteiger partial charge in [0.1, 0.15) is 18.2 Å². The van der Waals surface area contributed by atoms with Crippen LogP contribution >= 0.6 is 11.6 Å². The van der Waals surface area contributed by atoms with Crippen LogP contribution in [0.5, 0.6) is 5.75 Å². The smallest absolute Gasteiger partial charge is 0.124 e. The standard InChI is InChI=1S/C26H23ClFNO2/c27-24-14-21(28)12-10-20(24)17-31-26-13-11-18-6-4-5-9-22(18)23(26)15-29-16-25(30)19-7-2-1-3-8-19/h1-14,25,29-30H,15-17H2/t25-/m0/s1. The molecule has 0 heterocycles. The number of aliphatic hydroxyl groups is 1. The molecule has 0 aliphatic rings. The minimum atomic E-state index is -0.599. The van der Waals surface area contributed by atoms with Gasteiger partial charge in [0.05, 0.1) is 11.1 Å². The molecule has 0 bridgehead atoms. The van der Waals surface area contributed by atoms with Crippen LogP contribution in [0.25, 0.3) is 10.8 Å². The van der Waals surface area contributed by atoms with Crippen molar-refractivity contribution in [3.8, 4) is 5.75 Å². The Bertz CT molecular complexity index is 1170. The van der Waals surface area contributed by atoms with Gasteiger partial charge >= 0.3 is 0 Å². The number of nitrogens with one attached hydrogen (secondary N) is 1. The Hall–Kier alpha value is -2.92. The third-order valence-corrected chi connectivity index (χ3v) is 5.57. The van der Waals surface area contributed by atoms with Gasteiger partial charge in [0.2, 0.25) is 0 Å². The van der Waals surface area contributed by atoms with Crippen molar-refractivity contribution in [2.24, 2.45) is 0 Å². The third-order valence-electron chi connectivity index (χ3n) is 5.22. The number of hydrogen-bond donors (Lipinski definition) is 2. The quantitative estimate of drug-likeness (QED) is 0.355. The average Bonchev–Trinajstić information content (AvgIpc) is 2.79. The monoisotopic (exact) mass is 435 g/mol. The summed E-state index contributed by atoms with van der Waals surface area (Å²) < 4.78 is 19.4. The predicted molar refractivity (Wildman–Crippen MR) is 123 cm³/mol. The van der Waals surface area contributed by atoms with Crippen LogP contribution in [0.2, 0.25) is 5.02 Å². The molecule has 0 aliphatic carbocycles. The van der Waals surface area contributed by atoms with Crippen LogP contribution < -0.4 is 10.1 Å². The molecule has 2 N–H and O–H groups in total. The summed E-state index contributed by atoms with van der Waals surface area (Å²) in [5, 5.41) is 16.3. The molecule has 0 spiro atoms. The van der Waals surface area contributed by atoms with E-state index in [9.17, 15) is 9.50 Å². The van der Waals surface area contributed by atoms with Gasteiger partial charge in [-0.3, -0.25) is 0 Å². The molecule has 0 aliphatic heterocycles. The zero-order valence-corrected chi connectivity index (χ0v) is 17.6. The maximum Gasteiger partial charge on any atom is 0.124 e. The lowest BCUT2D eigenvalue weighted by Crippen LogP contribution is -2.21. The number of aliphatic hydroxyl groups excluding tert-OH is 1. The summed E-state index contributed by atoms with van der Waals surface area (Å²) in [5.74, 6) is 0.349. The van der Waals surface area contributed by atoms with E-state index in [1.807, 2.05) is 54.6 Å². The van der Waals surface area contributed by atoms with Crippen molar-refractivity contribution in [2.45, 2.75) is 19.3 Å². The molecular formula is C26H23ClFNO2. The van der Waals surface area contributed by atoms with Gasteiger partial charge in [-0.2, -0.15) is 0 Å². The Morgan fingerprint density at radius 3 is 2.52 bits per heavy atom. The second kappa shape index (κ2) is 9.92. The van der Waals surface area contributed by atoms with E-state index >= 15 is 0 Å². The lowest BCUT2D eigenvalue weighted by molar-refractivity contribution is 0.174. The van der Waals surface area contributed by atoms with Crippen LogP contribution in [-0.2, 0) is 13.2 Å². The molecule has 0 saturated heterocycles.